The van der Waals surface area contributed by atoms with Crippen molar-refractivity contribution >= 4 is 44.7 Å². The van der Waals surface area contributed by atoms with Crippen LogP contribution >= 0.6 is 22.9 Å². The van der Waals surface area contributed by atoms with Gasteiger partial charge in [-0.25, -0.2) is 18.4 Å². The molecule has 0 atom stereocenters. The largest absolute Gasteiger partial charge is 0.322 e. The lowest BCUT2D eigenvalue weighted by Crippen LogP contribution is -2.30. The van der Waals surface area contributed by atoms with Crippen molar-refractivity contribution in [1.82, 2.24) is 4.90 Å². The van der Waals surface area contributed by atoms with Gasteiger partial charge in [0.1, 0.15) is 0 Å². The zero-order valence-electron chi connectivity index (χ0n) is 11.6. The summed E-state index contributed by atoms with van der Waals surface area (Å²) >= 11 is 7.25. The highest BCUT2D eigenvalue weighted by molar-refractivity contribution is 7.89. The highest BCUT2D eigenvalue weighted by atomic mass is 35.5. The van der Waals surface area contributed by atoms with Gasteiger partial charge in [-0.1, -0.05) is 11.6 Å². The molecule has 2 rings (SSSR count). The SMILES string of the molecule is CN(Cc1ccc(Cl)s1)C(=O)Nc1ccc(S(N)(=O)=O)cc1. The van der Waals surface area contributed by atoms with Gasteiger partial charge in [0.25, 0.3) is 0 Å². The number of nitrogens with two attached hydrogens (primary N) is 1. The number of rotatable bonds is 4. The van der Waals surface area contributed by atoms with Crippen LogP contribution in [0, 0.1) is 0 Å². The Balaban J connectivity index is 1.99. The van der Waals surface area contributed by atoms with Crippen LogP contribution in [0.5, 0.6) is 0 Å². The maximum Gasteiger partial charge on any atom is 0.321 e. The summed E-state index contributed by atoms with van der Waals surface area (Å²) in [6.45, 7) is 0.429. The predicted octanol–water partition coefficient (Wildman–Crippen LogP) is 2.71. The molecule has 1 aromatic carbocycles. The average Bonchev–Trinajstić information content (AvgIpc) is 2.83. The first-order valence-electron chi connectivity index (χ1n) is 6.15. The molecule has 118 valence electrons. The fourth-order valence-corrected chi connectivity index (χ4v) is 3.35. The smallest absolute Gasteiger partial charge is 0.321 e. The first kappa shape index (κ1) is 16.8. The number of nitrogens with zero attached hydrogens (tertiary/aromatic N) is 1. The summed E-state index contributed by atoms with van der Waals surface area (Å²) in [6.07, 6.45) is 0. The number of nitrogens with one attached hydrogen (secondary N) is 1. The third-order valence-corrected chi connectivity index (χ3v) is 4.95. The molecule has 0 saturated heterocycles. The number of carbonyl (C=O) groups is 1. The van der Waals surface area contributed by atoms with Gasteiger partial charge < -0.3 is 10.2 Å². The first-order chi connectivity index (χ1) is 10.3. The van der Waals surface area contributed by atoms with Crippen LogP contribution in [0.3, 0.4) is 0 Å². The molecule has 0 unspecified atom stereocenters. The summed E-state index contributed by atoms with van der Waals surface area (Å²) in [5, 5.41) is 7.68. The second kappa shape index (κ2) is 6.66. The van der Waals surface area contributed by atoms with E-state index in [9.17, 15) is 13.2 Å². The summed E-state index contributed by atoms with van der Waals surface area (Å²) in [5.41, 5.74) is 0.480. The van der Waals surface area contributed by atoms with Crippen molar-refractivity contribution in [3.8, 4) is 0 Å². The van der Waals surface area contributed by atoms with Gasteiger partial charge in [-0.3, -0.25) is 0 Å². The summed E-state index contributed by atoms with van der Waals surface area (Å²) in [5.74, 6) is 0. The molecular weight excluding hydrogens is 346 g/mol. The summed E-state index contributed by atoms with van der Waals surface area (Å²) in [6, 6.07) is 8.96. The molecule has 2 amide bonds. The minimum absolute atomic E-state index is 0.00733. The minimum Gasteiger partial charge on any atom is -0.322 e. The van der Waals surface area contributed by atoms with Crippen LogP contribution in [0.15, 0.2) is 41.3 Å². The Morgan fingerprint density at radius 2 is 1.91 bits per heavy atom. The number of anilines is 1. The van der Waals surface area contributed by atoms with Crippen LogP contribution in [0.4, 0.5) is 10.5 Å². The fraction of sp³-hybridized carbons (Fsp3) is 0.154. The number of halogens is 1. The van der Waals surface area contributed by atoms with Crippen molar-refractivity contribution in [2.45, 2.75) is 11.4 Å². The van der Waals surface area contributed by atoms with E-state index in [1.165, 1.54) is 40.5 Å². The van der Waals surface area contributed by atoms with Crippen LogP contribution in [-0.4, -0.2) is 26.4 Å². The number of urea groups is 1. The van der Waals surface area contributed by atoms with E-state index < -0.39 is 10.0 Å². The minimum atomic E-state index is -3.74. The van der Waals surface area contributed by atoms with Gasteiger partial charge in [0.2, 0.25) is 10.0 Å². The van der Waals surface area contributed by atoms with Gasteiger partial charge in [0.15, 0.2) is 0 Å². The standard InChI is InChI=1S/C13H14ClN3O3S2/c1-17(8-10-4-7-12(14)21-10)13(18)16-9-2-5-11(6-3-9)22(15,19)20/h2-7H,8H2,1H3,(H,16,18)(H2,15,19,20). The number of carbonyl (C=O) groups excluding carboxylic acids is 1. The molecule has 22 heavy (non-hydrogen) atoms. The van der Waals surface area contributed by atoms with Crippen LogP contribution in [0.25, 0.3) is 0 Å². The number of thiophene rings is 1. The van der Waals surface area contributed by atoms with E-state index in [1.54, 1.807) is 13.1 Å². The second-order valence-electron chi connectivity index (χ2n) is 4.56. The summed E-state index contributed by atoms with van der Waals surface area (Å²) < 4.78 is 23.0. The Kier molecular flexibility index (Phi) is 5.07. The monoisotopic (exact) mass is 359 g/mol. The molecule has 0 radical (unpaired) electrons. The van der Waals surface area contributed by atoms with Crippen molar-refractivity contribution in [2.75, 3.05) is 12.4 Å². The van der Waals surface area contributed by atoms with E-state index >= 15 is 0 Å². The van der Waals surface area contributed by atoms with Crippen molar-refractivity contribution < 1.29 is 13.2 Å². The average molecular weight is 360 g/mol. The molecule has 0 aliphatic heterocycles. The fourth-order valence-electron chi connectivity index (χ4n) is 1.69. The molecule has 0 aliphatic rings. The van der Waals surface area contributed by atoms with Gasteiger partial charge in [0.05, 0.1) is 15.8 Å². The van der Waals surface area contributed by atoms with Crippen LogP contribution < -0.4 is 10.5 Å². The van der Waals surface area contributed by atoms with E-state index in [-0.39, 0.29) is 10.9 Å². The second-order valence-corrected chi connectivity index (χ2v) is 7.92. The summed E-state index contributed by atoms with van der Waals surface area (Å²) in [4.78, 5) is 14.5. The van der Waals surface area contributed by atoms with Crippen molar-refractivity contribution in [2.24, 2.45) is 5.14 Å². The molecule has 1 heterocycles. The van der Waals surface area contributed by atoms with E-state index in [0.717, 1.165) is 4.88 Å². The van der Waals surface area contributed by atoms with E-state index in [0.29, 0.717) is 16.6 Å². The van der Waals surface area contributed by atoms with Crippen molar-refractivity contribution in [3.05, 3.63) is 45.6 Å². The van der Waals surface area contributed by atoms with E-state index in [1.807, 2.05) is 6.07 Å². The molecule has 0 bridgehead atoms. The van der Waals surface area contributed by atoms with E-state index in [2.05, 4.69) is 5.32 Å². The topological polar surface area (TPSA) is 92.5 Å². The number of primary sulfonamides is 1. The van der Waals surface area contributed by atoms with Gasteiger partial charge in [-0.15, -0.1) is 11.3 Å². The Morgan fingerprint density at radius 3 is 2.41 bits per heavy atom. The van der Waals surface area contributed by atoms with Gasteiger partial charge in [-0.2, -0.15) is 0 Å². The molecule has 9 heteroatoms. The molecule has 0 fully saturated rings. The van der Waals surface area contributed by atoms with Crippen LogP contribution in [0.2, 0.25) is 4.34 Å². The molecule has 0 spiro atoms. The zero-order valence-corrected chi connectivity index (χ0v) is 14.0. The normalized spacial score (nSPS) is 11.2. The Bertz CT molecular complexity index is 772. The Hall–Kier alpha value is -1.61. The Morgan fingerprint density at radius 1 is 1.27 bits per heavy atom. The quantitative estimate of drug-likeness (QED) is 0.878. The third-order valence-electron chi connectivity index (χ3n) is 2.80. The van der Waals surface area contributed by atoms with Crippen molar-refractivity contribution in [1.29, 1.82) is 0 Å². The van der Waals surface area contributed by atoms with Crippen LogP contribution in [0.1, 0.15) is 4.88 Å². The molecule has 3 N–H and O–H groups in total. The molecular formula is C13H14ClN3O3S2. The van der Waals surface area contributed by atoms with Crippen LogP contribution in [-0.2, 0) is 16.6 Å². The molecule has 6 nitrogen and oxygen atoms in total. The number of amides is 2. The summed E-state index contributed by atoms with van der Waals surface area (Å²) in [7, 11) is -2.08. The molecule has 0 saturated carbocycles. The zero-order chi connectivity index (χ0) is 16.3. The van der Waals surface area contributed by atoms with Gasteiger partial charge >= 0.3 is 6.03 Å². The lowest BCUT2D eigenvalue weighted by atomic mass is 10.3. The lowest BCUT2D eigenvalue weighted by molar-refractivity contribution is 0.221. The maximum absolute atomic E-state index is 12.0. The first-order valence-corrected chi connectivity index (χ1v) is 8.89. The predicted molar refractivity (Wildman–Crippen MR) is 87.6 cm³/mol. The van der Waals surface area contributed by atoms with Gasteiger partial charge in [0, 0.05) is 17.6 Å². The number of sulfonamides is 1. The van der Waals surface area contributed by atoms with Gasteiger partial charge in [-0.05, 0) is 36.4 Å². The maximum atomic E-state index is 12.0. The molecule has 1 aromatic heterocycles. The van der Waals surface area contributed by atoms with Crippen molar-refractivity contribution in [3.63, 3.8) is 0 Å². The Labute approximate surface area is 137 Å². The highest BCUT2D eigenvalue weighted by Crippen LogP contribution is 2.22. The highest BCUT2D eigenvalue weighted by Gasteiger charge is 2.12. The molecule has 2 aromatic rings. The number of hydrogen-bond acceptors (Lipinski definition) is 4. The number of hydrogen-bond donors (Lipinski definition) is 2. The number of benzene rings is 1. The lowest BCUT2D eigenvalue weighted by Gasteiger charge is -2.17. The molecule has 0 aliphatic carbocycles. The van der Waals surface area contributed by atoms with E-state index in [4.69, 9.17) is 16.7 Å². The third kappa shape index (κ3) is 4.44.